The van der Waals surface area contributed by atoms with E-state index in [9.17, 15) is 4.79 Å². The van der Waals surface area contributed by atoms with Gasteiger partial charge in [0.05, 0.1) is 11.1 Å². The lowest BCUT2D eigenvalue weighted by molar-refractivity contribution is 0.0737. The predicted molar refractivity (Wildman–Crippen MR) is 80.3 cm³/mol. The third kappa shape index (κ3) is 2.49. The molecule has 4 nitrogen and oxygen atoms in total. The number of hydrogen-bond acceptors (Lipinski definition) is 3. The van der Waals surface area contributed by atoms with Crippen molar-refractivity contribution < 1.29 is 4.79 Å². The average molecular weight is 290 g/mol. The summed E-state index contributed by atoms with van der Waals surface area (Å²) in [5.74, 6) is 0.0595. The van der Waals surface area contributed by atoms with Crippen molar-refractivity contribution in [3.05, 3.63) is 40.5 Å². The summed E-state index contributed by atoms with van der Waals surface area (Å²) >= 11 is 6.06. The maximum atomic E-state index is 12.7. The lowest BCUT2D eigenvalue weighted by Crippen LogP contribution is -2.46. The molecule has 1 fully saturated rings. The number of benzene rings is 1. The largest absolute Gasteiger partial charge is 0.336 e. The van der Waals surface area contributed by atoms with E-state index in [4.69, 9.17) is 11.6 Å². The van der Waals surface area contributed by atoms with Crippen molar-refractivity contribution in [2.24, 2.45) is 0 Å². The number of carbonyl (C=O) groups is 1. The van der Waals surface area contributed by atoms with Gasteiger partial charge in [-0.2, -0.15) is 0 Å². The van der Waals surface area contributed by atoms with E-state index in [1.54, 1.807) is 6.07 Å². The van der Waals surface area contributed by atoms with Crippen molar-refractivity contribution in [1.82, 2.24) is 15.2 Å². The zero-order valence-corrected chi connectivity index (χ0v) is 12.1. The minimum Gasteiger partial charge on any atom is -0.336 e. The van der Waals surface area contributed by atoms with Crippen molar-refractivity contribution in [3.8, 4) is 0 Å². The van der Waals surface area contributed by atoms with Crippen LogP contribution in [0.1, 0.15) is 16.1 Å². The summed E-state index contributed by atoms with van der Waals surface area (Å²) in [7, 11) is 0. The van der Waals surface area contributed by atoms with Gasteiger partial charge in [-0.05, 0) is 31.2 Å². The van der Waals surface area contributed by atoms with Gasteiger partial charge in [0, 0.05) is 42.3 Å². The van der Waals surface area contributed by atoms with Gasteiger partial charge in [0.25, 0.3) is 5.91 Å². The Balaban J connectivity index is 2.09. The summed E-state index contributed by atoms with van der Waals surface area (Å²) in [4.78, 5) is 19.0. The van der Waals surface area contributed by atoms with Gasteiger partial charge in [0.2, 0.25) is 0 Å². The summed E-state index contributed by atoms with van der Waals surface area (Å²) in [5, 5.41) is 4.70. The van der Waals surface area contributed by atoms with Gasteiger partial charge in [-0.25, -0.2) is 0 Å². The SMILES string of the molecule is Cc1cc(C(=O)N2CCNCC2)c2cc(Cl)ccc2n1. The molecule has 0 atom stereocenters. The lowest BCUT2D eigenvalue weighted by Gasteiger charge is -2.28. The van der Waals surface area contributed by atoms with E-state index >= 15 is 0 Å². The predicted octanol–water partition coefficient (Wildman–Crippen LogP) is 2.24. The normalized spacial score (nSPS) is 15.6. The van der Waals surface area contributed by atoms with Crippen LogP contribution in [0.5, 0.6) is 0 Å². The molecule has 0 bridgehead atoms. The quantitative estimate of drug-likeness (QED) is 0.876. The number of carbonyl (C=O) groups excluding carboxylic acids is 1. The number of hydrogen-bond donors (Lipinski definition) is 1. The number of halogens is 1. The number of piperazine rings is 1. The number of nitrogens with zero attached hydrogens (tertiary/aromatic N) is 2. The number of pyridine rings is 1. The Hall–Kier alpha value is -1.65. The summed E-state index contributed by atoms with van der Waals surface area (Å²) in [6, 6.07) is 7.33. The van der Waals surface area contributed by atoms with Crippen LogP contribution in [0.25, 0.3) is 10.9 Å². The molecule has 1 aromatic heterocycles. The molecule has 1 aliphatic rings. The Morgan fingerprint density at radius 2 is 2.05 bits per heavy atom. The van der Waals surface area contributed by atoms with Gasteiger partial charge in [-0.1, -0.05) is 11.6 Å². The van der Waals surface area contributed by atoms with E-state index in [0.29, 0.717) is 10.6 Å². The van der Waals surface area contributed by atoms with Crippen LogP contribution < -0.4 is 5.32 Å². The van der Waals surface area contributed by atoms with E-state index < -0.39 is 0 Å². The summed E-state index contributed by atoms with van der Waals surface area (Å²) in [6.45, 7) is 5.07. The molecule has 2 aromatic rings. The van der Waals surface area contributed by atoms with Crippen LogP contribution in [0.4, 0.5) is 0 Å². The fourth-order valence-electron chi connectivity index (χ4n) is 2.55. The standard InChI is InChI=1S/C15H16ClN3O/c1-10-8-13(15(20)19-6-4-17-5-7-19)12-9-11(16)2-3-14(12)18-10/h2-3,8-9,17H,4-7H2,1H3. The van der Waals surface area contributed by atoms with Gasteiger partial charge in [0.1, 0.15) is 0 Å². The van der Waals surface area contributed by atoms with Crippen LogP contribution in [-0.4, -0.2) is 42.0 Å². The zero-order chi connectivity index (χ0) is 14.1. The molecule has 0 unspecified atom stereocenters. The van der Waals surface area contributed by atoms with E-state index in [1.165, 1.54) is 0 Å². The molecule has 104 valence electrons. The van der Waals surface area contributed by atoms with Crippen molar-refractivity contribution in [2.45, 2.75) is 6.92 Å². The van der Waals surface area contributed by atoms with Gasteiger partial charge >= 0.3 is 0 Å². The second-order valence-corrected chi connectivity index (χ2v) is 5.45. The van der Waals surface area contributed by atoms with Crippen molar-refractivity contribution >= 4 is 28.4 Å². The molecule has 1 aliphatic heterocycles. The molecule has 1 amide bonds. The molecule has 20 heavy (non-hydrogen) atoms. The fourth-order valence-corrected chi connectivity index (χ4v) is 2.72. The average Bonchev–Trinajstić information content (AvgIpc) is 2.47. The highest BCUT2D eigenvalue weighted by Crippen LogP contribution is 2.23. The highest BCUT2D eigenvalue weighted by atomic mass is 35.5. The Labute approximate surface area is 122 Å². The lowest BCUT2D eigenvalue weighted by atomic mass is 10.1. The monoisotopic (exact) mass is 289 g/mol. The molecular formula is C15H16ClN3O. The van der Waals surface area contributed by atoms with E-state index in [2.05, 4.69) is 10.3 Å². The van der Waals surface area contributed by atoms with Crippen LogP contribution in [-0.2, 0) is 0 Å². The number of rotatable bonds is 1. The van der Waals surface area contributed by atoms with Gasteiger partial charge in [-0.3, -0.25) is 9.78 Å². The summed E-state index contributed by atoms with van der Waals surface area (Å²) in [5.41, 5.74) is 2.35. The van der Waals surface area contributed by atoms with E-state index in [1.807, 2.05) is 30.0 Å². The molecule has 3 rings (SSSR count). The molecule has 0 spiro atoms. The molecular weight excluding hydrogens is 274 g/mol. The van der Waals surface area contributed by atoms with Crippen LogP contribution in [0.2, 0.25) is 5.02 Å². The van der Waals surface area contributed by atoms with E-state index in [0.717, 1.165) is 42.8 Å². The number of aryl methyl sites for hydroxylation is 1. The first-order chi connectivity index (χ1) is 9.65. The maximum absolute atomic E-state index is 12.7. The minimum atomic E-state index is 0.0595. The Bertz CT molecular complexity index is 665. The van der Waals surface area contributed by atoms with Gasteiger partial charge < -0.3 is 10.2 Å². The van der Waals surface area contributed by atoms with Crippen LogP contribution in [0.15, 0.2) is 24.3 Å². The first kappa shape index (κ1) is 13.3. The maximum Gasteiger partial charge on any atom is 0.254 e. The second-order valence-electron chi connectivity index (χ2n) is 5.01. The smallest absolute Gasteiger partial charge is 0.254 e. The molecule has 0 aliphatic carbocycles. The Morgan fingerprint density at radius 1 is 1.30 bits per heavy atom. The van der Waals surface area contributed by atoms with Crippen LogP contribution >= 0.6 is 11.6 Å². The van der Waals surface area contributed by atoms with Crippen molar-refractivity contribution in [3.63, 3.8) is 0 Å². The van der Waals surface area contributed by atoms with Crippen molar-refractivity contribution in [1.29, 1.82) is 0 Å². The summed E-state index contributed by atoms with van der Waals surface area (Å²) < 4.78 is 0. The number of nitrogens with one attached hydrogen (secondary N) is 1. The van der Waals surface area contributed by atoms with E-state index in [-0.39, 0.29) is 5.91 Å². The molecule has 0 radical (unpaired) electrons. The third-order valence-electron chi connectivity index (χ3n) is 3.53. The molecule has 1 N–H and O–H groups in total. The first-order valence-corrected chi connectivity index (χ1v) is 7.10. The highest BCUT2D eigenvalue weighted by molar-refractivity contribution is 6.31. The van der Waals surface area contributed by atoms with Gasteiger partial charge in [0.15, 0.2) is 0 Å². The number of fused-ring (bicyclic) bond motifs is 1. The molecule has 5 heteroatoms. The molecule has 2 heterocycles. The van der Waals surface area contributed by atoms with Crippen LogP contribution in [0, 0.1) is 6.92 Å². The number of aromatic nitrogens is 1. The third-order valence-corrected chi connectivity index (χ3v) is 3.77. The topological polar surface area (TPSA) is 45.2 Å². The minimum absolute atomic E-state index is 0.0595. The second kappa shape index (κ2) is 5.38. The fraction of sp³-hybridized carbons (Fsp3) is 0.333. The highest BCUT2D eigenvalue weighted by Gasteiger charge is 2.20. The molecule has 1 aromatic carbocycles. The molecule has 1 saturated heterocycles. The summed E-state index contributed by atoms with van der Waals surface area (Å²) in [6.07, 6.45) is 0. The zero-order valence-electron chi connectivity index (χ0n) is 11.3. The Morgan fingerprint density at radius 3 is 2.80 bits per heavy atom. The first-order valence-electron chi connectivity index (χ1n) is 6.72. The Kier molecular flexibility index (Phi) is 3.59. The molecule has 0 saturated carbocycles. The van der Waals surface area contributed by atoms with Crippen molar-refractivity contribution in [2.75, 3.05) is 26.2 Å². The van der Waals surface area contributed by atoms with Gasteiger partial charge in [-0.15, -0.1) is 0 Å². The van der Waals surface area contributed by atoms with Crippen LogP contribution in [0.3, 0.4) is 0 Å². The number of amides is 1.